The van der Waals surface area contributed by atoms with E-state index in [1.54, 1.807) is 6.92 Å². The number of nitrogens with zero attached hydrogens (tertiary/aromatic N) is 1. The van der Waals surface area contributed by atoms with Gasteiger partial charge in [-0.25, -0.2) is 9.38 Å². The molecule has 0 aromatic heterocycles. The van der Waals surface area contributed by atoms with E-state index >= 15 is 0 Å². The zero-order chi connectivity index (χ0) is 16.2. The van der Waals surface area contributed by atoms with Gasteiger partial charge in [-0.3, -0.25) is 4.79 Å². The molecule has 1 fully saturated rings. The van der Waals surface area contributed by atoms with Crippen LogP contribution in [0, 0.1) is 0 Å². The van der Waals surface area contributed by atoms with Crippen LogP contribution >= 0.6 is 11.6 Å². The van der Waals surface area contributed by atoms with Crippen LogP contribution in [0.5, 0.6) is 0 Å². The van der Waals surface area contributed by atoms with Crippen LogP contribution in [-0.4, -0.2) is 41.2 Å². The molecule has 1 saturated carbocycles. The molecule has 1 unspecified atom stereocenters. The second-order valence-corrected chi connectivity index (χ2v) is 6.04. The van der Waals surface area contributed by atoms with Crippen LogP contribution in [0.4, 0.5) is 4.39 Å². The molecule has 8 heteroatoms. The van der Waals surface area contributed by atoms with Gasteiger partial charge in [-0.05, 0) is 32.6 Å². The van der Waals surface area contributed by atoms with Crippen molar-refractivity contribution in [1.82, 2.24) is 10.6 Å². The van der Waals surface area contributed by atoms with Crippen molar-refractivity contribution in [2.24, 2.45) is 4.99 Å². The first-order valence-electron chi connectivity index (χ1n) is 7.40. The minimum Gasteiger partial charge on any atom is -0.466 e. The fraction of sp³-hybridized carbons (Fsp3) is 0.714. The number of carbonyl (C=O) groups is 1. The molecule has 0 saturated heterocycles. The molecule has 0 amide bonds. The van der Waals surface area contributed by atoms with Crippen molar-refractivity contribution >= 4 is 23.8 Å². The number of hydrogen-bond acceptors (Lipinski definition) is 6. The van der Waals surface area contributed by atoms with Crippen LogP contribution in [0.2, 0.25) is 0 Å². The molecule has 2 rings (SSSR count). The minimum atomic E-state index is -1.12. The third kappa shape index (κ3) is 4.58. The molecule has 124 valence electrons. The quantitative estimate of drug-likeness (QED) is 0.404. The fourth-order valence-electron chi connectivity index (χ4n) is 2.84. The van der Waals surface area contributed by atoms with Gasteiger partial charge in [-0.1, -0.05) is 11.6 Å². The number of rotatable bonds is 5. The molecule has 1 aliphatic carbocycles. The Morgan fingerprint density at radius 1 is 1.73 bits per heavy atom. The summed E-state index contributed by atoms with van der Waals surface area (Å²) < 4.78 is 18.6. The zero-order valence-electron chi connectivity index (χ0n) is 12.4. The van der Waals surface area contributed by atoms with Crippen molar-refractivity contribution in [2.45, 2.75) is 56.3 Å². The molecule has 1 aliphatic heterocycles. The summed E-state index contributed by atoms with van der Waals surface area (Å²) >= 11 is 5.79. The van der Waals surface area contributed by atoms with Gasteiger partial charge < -0.3 is 20.5 Å². The van der Waals surface area contributed by atoms with E-state index in [-0.39, 0.29) is 24.9 Å². The number of ether oxygens (including phenoxy) is 1. The Hall–Kier alpha value is -1.34. The van der Waals surface area contributed by atoms with Crippen molar-refractivity contribution in [2.75, 3.05) is 6.61 Å². The largest absolute Gasteiger partial charge is 0.466 e. The van der Waals surface area contributed by atoms with Gasteiger partial charge >= 0.3 is 5.97 Å². The van der Waals surface area contributed by atoms with Crippen LogP contribution in [0.3, 0.4) is 0 Å². The maximum absolute atomic E-state index is 13.7. The van der Waals surface area contributed by atoms with Gasteiger partial charge in [-0.15, -0.1) is 0 Å². The molecule has 3 atom stereocenters. The van der Waals surface area contributed by atoms with Crippen LogP contribution in [0.25, 0.3) is 0 Å². The predicted octanol–water partition coefficient (Wildman–Crippen LogP) is 1.54. The van der Waals surface area contributed by atoms with Crippen LogP contribution in [0.15, 0.2) is 16.6 Å². The third-order valence-corrected chi connectivity index (χ3v) is 3.99. The number of aliphatic hydroxyl groups is 1. The average molecular weight is 334 g/mol. The van der Waals surface area contributed by atoms with Crippen LogP contribution in [0.1, 0.15) is 39.0 Å². The van der Waals surface area contributed by atoms with Gasteiger partial charge in [0.1, 0.15) is 5.82 Å². The molecular formula is C14H21ClFN3O3. The third-order valence-electron chi connectivity index (χ3n) is 3.77. The molecular weight excluding hydrogens is 313 g/mol. The number of esters is 1. The molecule has 0 aromatic carbocycles. The van der Waals surface area contributed by atoms with Crippen LogP contribution in [-0.2, 0) is 9.53 Å². The van der Waals surface area contributed by atoms with Gasteiger partial charge in [0.25, 0.3) is 0 Å². The summed E-state index contributed by atoms with van der Waals surface area (Å²) in [6, 6.07) is -0.156. The lowest BCUT2D eigenvalue weighted by Crippen LogP contribution is -2.47. The normalized spacial score (nSPS) is 31.6. The highest BCUT2D eigenvalue weighted by Gasteiger charge is 2.37. The molecule has 22 heavy (non-hydrogen) atoms. The van der Waals surface area contributed by atoms with Crippen molar-refractivity contribution in [1.29, 1.82) is 0 Å². The molecule has 1 heterocycles. The summed E-state index contributed by atoms with van der Waals surface area (Å²) in [7, 11) is 0. The molecule has 3 N–H and O–H groups in total. The Labute approximate surface area is 133 Å². The van der Waals surface area contributed by atoms with E-state index in [1.807, 2.05) is 0 Å². The lowest BCUT2D eigenvalue weighted by Gasteiger charge is -2.37. The summed E-state index contributed by atoms with van der Waals surface area (Å²) in [5.41, 5.74) is -1.84. The molecule has 0 bridgehead atoms. The van der Waals surface area contributed by atoms with Gasteiger partial charge in [0.05, 0.1) is 24.8 Å². The monoisotopic (exact) mass is 333 g/mol. The predicted molar refractivity (Wildman–Crippen MR) is 81.0 cm³/mol. The molecule has 0 spiro atoms. The first-order valence-corrected chi connectivity index (χ1v) is 7.83. The topological polar surface area (TPSA) is 83.0 Å². The SMILES string of the molecule is CCOC(=O)C[C@]1(O)CCC[C@H](NC2=C(F)C=NC(Cl)N2)C1. The number of carbonyl (C=O) groups excluding carboxylic acids is 1. The highest BCUT2D eigenvalue weighted by molar-refractivity contribution is 6.21. The van der Waals surface area contributed by atoms with E-state index in [0.717, 1.165) is 19.1 Å². The number of alkyl halides is 1. The Kier molecular flexibility index (Phi) is 5.63. The first-order chi connectivity index (χ1) is 10.4. The summed E-state index contributed by atoms with van der Waals surface area (Å²) in [5, 5.41) is 16.3. The summed E-state index contributed by atoms with van der Waals surface area (Å²) in [5.74, 6) is -0.781. The standard InChI is InChI=1S/C14H21ClFN3O3/c1-2-22-11(20)7-14(21)5-3-4-9(6-14)18-12-10(16)8-17-13(15)19-12/h8-9,13,18-19,21H,2-7H2,1H3/t9-,13?,14-/m0/s1. The summed E-state index contributed by atoms with van der Waals surface area (Å²) in [6.07, 6.45) is 3.39. The van der Waals surface area contributed by atoms with E-state index < -0.39 is 23.0 Å². The number of halogens is 2. The highest BCUT2D eigenvalue weighted by Crippen LogP contribution is 2.32. The van der Waals surface area contributed by atoms with Gasteiger partial charge in [0.2, 0.25) is 0 Å². The smallest absolute Gasteiger partial charge is 0.308 e. The van der Waals surface area contributed by atoms with Gasteiger partial charge in [0.15, 0.2) is 11.5 Å². The zero-order valence-corrected chi connectivity index (χ0v) is 13.2. The fourth-order valence-corrected chi connectivity index (χ4v) is 3.01. The average Bonchev–Trinajstić information content (AvgIpc) is 2.42. The minimum absolute atomic E-state index is 0.0480. The van der Waals surface area contributed by atoms with Crippen molar-refractivity contribution in [3.05, 3.63) is 11.6 Å². The van der Waals surface area contributed by atoms with E-state index in [2.05, 4.69) is 15.6 Å². The van der Waals surface area contributed by atoms with E-state index in [0.29, 0.717) is 12.8 Å². The number of aliphatic imine (C=N–C) groups is 1. The highest BCUT2D eigenvalue weighted by atomic mass is 35.5. The van der Waals surface area contributed by atoms with E-state index in [1.165, 1.54) is 0 Å². The Morgan fingerprint density at radius 3 is 3.23 bits per heavy atom. The summed E-state index contributed by atoms with van der Waals surface area (Å²) in [4.78, 5) is 15.3. The van der Waals surface area contributed by atoms with Crippen molar-refractivity contribution in [3.8, 4) is 0 Å². The molecule has 2 aliphatic rings. The molecule has 6 nitrogen and oxygen atoms in total. The molecule has 0 aromatic rings. The second kappa shape index (κ2) is 7.28. The maximum Gasteiger partial charge on any atom is 0.308 e. The number of hydrogen-bond donors (Lipinski definition) is 3. The lowest BCUT2D eigenvalue weighted by atomic mass is 9.79. The van der Waals surface area contributed by atoms with E-state index in [4.69, 9.17) is 16.3 Å². The first kappa shape index (κ1) is 17.0. The second-order valence-electron chi connectivity index (χ2n) is 5.62. The van der Waals surface area contributed by atoms with Gasteiger partial charge in [-0.2, -0.15) is 0 Å². The van der Waals surface area contributed by atoms with Crippen LogP contribution < -0.4 is 10.6 Å². The van der Waals surface area contributed by atoms with Gasteiger partial charge in [0, 0.05) is 6.04 Å². The van der Waals surface area contributed by atoms with Crippen molar-refractivity contribution < 1.29 is 19.0 Å². The maximum atomic E-state index is 13.7. The Bertz CT molecular complexity index is 486. The number of allylic oxidation sites excluding steroid dienone is 1. The number of nitrogens with one attached hydrogen (secondary N) is 2. The summed E-state index contributed by atoms with van der Waals surface area (Å²) in [6.45, 7) is 2.01. The Morgan fingerprint density at radius 2 is 2.50 bits per heavy atom. The molecule has 0 radical (unpaired) electrons. The van der Waals surface area contributed by atoms with E-state index in [9.17, 15) is 14.3 Å². The lowest BCUT2D eigenvalue weighted by molar-refractivity contribution is -0.150. The Balaban J connectivity index is 1.95. The van der Waals surface area contributed by atoms with Crippen molar-refractivity contribution in [3.63, 3.8) is 0 Å².